The van der Waals surface area contributed by atoms with Gasteiger partial charge in [0.15, 0.2) is 12.2 Å². The number of hydrogen-bond acceptors (Lipinski definition) is 7. The first-order valence-electron chi connectivity index (χ1n) is 8.71. The Morgan fingerprint density at radius 2 is 2.04 bits per heavy atom. The number of H-pyrrole nitrogens is 1. The molecule has 1 aliphatic rings. The molecule has 0 amide bonds. The van der Waals surface area contributed by atoms with Crippen molar-refractivity contribution in [2.45, 2.75) is 6.54 Å². The third kappa shape index (κ3) is 3.38. The fourth-order valence-corrected chi connectivity index (χ4v) is 3.26. The molecule has 3 aromatic rings. The van der Waals surface area contributed by atoms with Crippen LogP contribution in [0.1, 0.15) is 0 Å². The molecule has 1 aliphatic heterocycles. The van der Waals surface area contributed by atoms with Crippen molar-refractivity contribution < 1.29 is 13.9 Å². The van der Waals surface area contributed by atoms with Gasteiger partial charge in [0.05, 0.1) is 43.0 Å². The lowest BCUT2D eigenvalue weighted by atomic mass is 10.1. The summed E-state index contributed by atoms with van der Waals surface area (Å²) >= 11 is 0. The molecule has 27 heavy (non-hydrogen) atoms. The van der Waals surface area contributed by atoms with Gasteiger partial charge in [-0.3, -0.25) is 14.3 Å². The summed E-state index contributed by atoms with van der Waals surface area (Å²) in [4.78, 5) is 34.2. The normalized spacial score (nSPS) is 15.3. The van der Waals surface area contributed by atoms with Crippen molar-refractivity contribution in [2.24, 2.45) is 0 Å². The van der Waals surface area contributed by atoms with Crippen LogP contribution in [0.5, 0.6) is 5.75 Å². The number of fused-ring (bicyclic) bond motifs is 1. The summed E-state index contributed by atoms with van der Waals surface area (Å²) < 4.78 is 17.3. The van der Waals surface area contributed by atoms with Crippen molar-refractivity contribution in [3.8, 4) is 17.1 Å². The highest BCUT2D eigenvalue weighted by molar-refractivity contribution is 5.86. The van der Waals surface area contributed by atoms with Crippen LogP contribution in [-0.4, -0.2) is 59.4 Å². The van der Waals surface area contributed by atoms with E-state index < -0.39 is 5.69 Å². The second-order valence-electron chi connectivity index (χ2n) is 6.30. The number of hydrogen-bond donors (Lipinski definition) is 1. The van der Waals surface area contributed by atoms with Crippen LogP contribution in [0.4, 0.5) is 0 Å². The molecule has 1 N–H and O–H groups in total. The summed E-state index contributed by atoms with van der Waals surface area (Å²) in [5, 5.41) is 0.392. The highest BCUT2D eigenvalue weighted by Gasteiger charge is 2.16. The van der Waals surface area contributed by atoms with E-state index in [1.165, 1.54) is 18.1 Å². The van der Waals surface area contributed by atoms with Gasteiger partial charge in [-0.2, -0.15) is 0 Å². The summed E-state index contributed by atoms with van der Waals surface area (Å²) in [5.41, 5.74) is 0.250. The van der Waals surface area contributed by atoms with E-state index in [1.807, 2.05) is 0 Å². The van der Waals surface area contributed by atoms with Gasteiger partial charge >= 0.3 is 5.69 Å². The number of nitrogens with zero attached hydrogens (tertiary/aromatic N) is 3. The van der Waals surface area contributed by atoms with Crippen molar-refractivity contribution >= 4 is 10.9 Å². The monoisotopic (exact) mass is 372 g/mol. The number of benzene rings is 1. The number of ether oxygens (including phenoxy) is 2. The highest BCUT2D eigenvalue weighted by Crippen LogP contribution is 2.32. The first-order chi connectivity index (χ1) is 13.2. The molecule has 2 aromatic heterocycles. The van der Waals surface area contributed by atoms with Crippen LogP contribution in [-0.2, 0) is 11.3 Å². The third-order valence-corrected chi connectivity index (χ3v) is 4.74. The van der Waals surface area contributed by atoms with Gasteiger partial charge in [-0.1, -0.05) is 0 Å². The van der Waals surface area contributed by atoms with Crippen molar-refractivity contribution in [3.63, 3.8) is 0 Å². The lowest BCUT2D eigenvalue weighted by Gasteiger charge is -2.26. The number of rotatable bonds is 5. The zero-order valence-electron chi connectivity index (χ0n) is 14.9. The van der Waals surface area contributed by atoms with E-state index in [9.17, 15) is 9.59 Å². The molecular weight excluding hydrogens is 352 g/mol. The molecule has 9 nitrogen and oxygen atoms in total. The Labute approximate surface area is 154 Å². The molecule has 1 aromatic carbocycles. The number of oxazole rings is 1. The molecule has 142 valence electrons. The van der Waals surface area contributed by atoms with E-state index >= 15 is 0 Å². The van der Waals surface area contributed by atoms with Crippen LogP contribution in [0.3, 0.4) is 0 Å². The van der Waals surface area contributed by atoms with E-state index in [-0.39, 0.29) is 5.56 Å². The quantitative estimate of drug-likeness (QED) is 0.703. The topological polar surface area (TPSA) is 103 Å². The summed E-state index contributed by atoms with van der Waals surface area (Å²) in [6, 6.07) is 3.29. The molecule has 3 heterocycles. The number of aromatic amines is 1. The molecule has 0 atom stereocenters. The third-order valence-electron chi connectivity index (χ3n) is 4.74. The van der Waals surface area contributed by atoms with Crippen molar-refractivity contribution in [1.29, 1.82) is 0 Å². The predicted octanol–water partition coefficient (Wildman–Crippen LogP) is 0.686. The van der Waals surface area contributed by atoms with Gasteiger partial charge in [-0.05, 0) is 6.07 Å². The summed E-state index contributed by atoms with van der Waals surface area (Å²) in [5.74, 6) is 0.972. The minimum absolute atomic E-state index is 0.313. The molecule has 9 heteroatoms. The average Bonchev–Trinajstić information content (AvgIpc) is 3.22. The van der Waals surface area contributed by atoms with Gasteiger partial charge in [-0.15, -0.1) is 0 Å². The fourth-order valence-electron chi connectivity index (χ4n) is 3.26. The molecule has 0 bridgehead atoms. The van der Waals surface area contributed by atoms with Crippen LogP contribution in [0.25, 0.3) is 22.2 Å². The number of aromatic nitrogens is 3. The minimum Gasteiger partial charge on any atom is -0.496 e. The molecule has 0 unspecified atom stereocenters. The van der Waals surface area contributed by atoms with Crippen molar-refractivity contribution in [2.75, 3.05) is 40.0 Å². The predicted molar refractivity (Wildman–Crippen MR) is 98.1 cm³/mol. The largest absolute Gasteiger partial charge is 0.496 e. The molecule has 0 spiro atoms. The minimum atomic E-state index is -0.435. The number of nitrogens with one attached hydrogen (secondary N) is 1. The Morgan fingerprint density at radius 3 is 2.74 bits per heavy atom. The maximum atomic E-state index is 13.0. The first-order valence-corrected chi connectivity index (χ1v) is 8.71. The van der Waals surface area contributed by atoms with Crippen LogP contribution in [0.2, 0.25) is 0 Å². The second kappa shape index (κ2) is 7.37. The van der Waals surface area contributed by atoms with Gasteiger partial charge < -0.3 is 18.9 Å². The van der Waals surface area contributed by atoms with Gasteiger partial charge in [0.1, 0.15) is 5.75 Å². The Hall–Kier alpha value is -2.91. The van der Waals surface area contributed by atoms with Crippen LogP contribution < -0.4 is 16.0 Å². The molecule has 1 fully saturated rings. The van der Waals surface area contributed by atoms with Gasteiger partial charge in [-0.25, -0.2) is 9.78 Å². The van der Waals surface area contributed by atoms with Crippen LogP contribution in [0, 0.1) is 0 Å². The van der Waals surface area contributed by atoms with Gasteiger partial charge in [0.25, 0.3) is 5.56 Å². The maximum absolute atomic E-state index is 13.0. The average molecular weight is 372 g/mol. The lowest BCUT2D eigenvalue weighted by Crippen LogP contribution is -2.42. The Morgan fingerprint density at radius 1 is 1.22 bits per heavy atom. The molecule has 0 radical (unpaired) electrons. The Balaban J connectivity index is 1.75. The zero-order valence-corrected chi connectivity index (χ0v) is 14.9. The number of morpholine rings is 1. The van der Waals surface area contributed by atoms with Gasteiger partial charge in [0.2, 0.25) is 0 Å². The Bertz CT molecular complexity index is 1050. The molecule has 0 saturated carbocycles. The number of methoxy groups -OCH3 is 1. The second-order valence-corrected chi connectivity index (χ2v) is 6.30. The fraction of sp³-hybridized carbons (Fsp3) is 0.389. The summed E-state index contributed by atoms with van der Waals surface area (Å²) in [7, 11) is 1.52. The standard InChI is InChI=1S/C18H20N4O5/c1-25-15-9-14-12(8-13(15)16-10-19-11-27-16)17(23)22(18(24)20-14)3-2-21-4-6-26-7-5-21/h8-11H,2-7H2,1H3,(H,20,24). The summed E-state index contributed by atoms with van der Waals surface area (Å²) in [6.07, 6.45) is 2.86. The highest BCUT2D eigenvalue weighted by atomic mass is 16.5. The molecular formula is C18H20N4O5. The summed E-state index contributed by atoms with van der Waals surface area (Å²) in [6.45, 7) is 3.86. The van der Waals surface area contributed by atoms with E-state index in [0.717, 1.165) is 13.1 Å². The van der Waals surface area contributed by atoms with Crippen LogP contribution >= 0.6 is 0 Å². The molecule has 0 aliphatic carbocycles. The van der Waals surface area contributed by atoms with Crippen molar-refractivity contribution in [1.82, 2.24) is 19.4 Å². The maximum Gasteiger partial charge on any atom is 0.328 e. The molecule has 4 rings (SSSR count). The zero-order chi connectivity index (χ0) is 18.8. The van der Waals surface area contributed by atoms with E-state index in [4.69, 9.17) is 13.9 Å². The first kappa shape index (κ1) is 17.5. The Kier molecular flexibility index (Phi) is 4.78. The van der Waals surface area contributed by atoms with E-state index in [2.05, 4.69) is 14.9 Å². The SMILES string of the molecule is COc1cc2[nH]c(=O)n(CCN3CCOCC3)c(=O)c2cc1-c1cnco1. The van der Waals surface area contributed by atoms with E-state index in [0.29, 0.717) is 54.3 Å². The van der Waals surface area contributed by atoms with Crippen molar-refractivity contribution in [3.05, 3.63) is 45.6 Å². The van der Waals surface area contributed by atoms with E-state index in [1.54, 1.807) is 18.3 Å². The molecule has 1 saturated heterocycles. The lowest BCUT2D eigenvalue weighted by molar-refractivity contribution is 0.0361. The smallest absolute Gasteiger partial charge is 0.328 e. The van der Waals surface area contributed by atoms with Gasteiger partial charge in [0, 0.05) is 32.2 Å². The van der Waals surface area contributed by atoms with Crippen LogP contribution in [0.15, 0.2) is 38.7 Å².